The molecule has 0 fully saturated rings. The first kappa shape index (κ1) is 22.4. The Morgan fingerprint density at radius 1 is 0.871 bits per heavy atom. The molecule has 3 rings (SSSR count). The first-order valence-corrected chi connectivity index (χ1v) is 10.1. The first-order valence-electron chi connectivity index (χ1n) is 10.1. The summed E-state index contributed by atoms with van der Waals surface area (Å²) in [6, 6.07) is 25.5. The molecule has 6 heteroatoms. The number of hydrogen-bond acceptors (Lipinski definition) is 3. The number of aryl methyl sites for hydroxylation is 1. The van der Waals surface area contributed by atoms with Crippen molar-refractivity contribution < 1.29 is 23.4 Å². The van der Waals surface area contributed by atoms with E-state index in [0.717, 1.165) is 11.1 Å². The van der Waals surface area contributed by atoms with Crippen LogP contribution in [0.3, 0.4) is 0 Å². The van der Waals surface area contributed by atoms with Crippen LogP contribution in [-0.4, -0.2) is 23.0 Å². The van der Waals surface area contributed by atoms with Crippen LogP contribution in [0.5, 0.6) is 5.75 Å². The van der Waals surface area contributed by atoms with Crippen molar-refractivity contribution in [3.05, 3.63) is 102 Å². The van der Waals surface area contributed by atoms with Gasteiger partial charge in [-0.15, -0.1) is 0 Å². The average Bonchev–Trinajstić information content (AvgIpc) is 2.81. The van der Waals surface area contributed by atoms with E-state index in [1.165, 1.54) is 0 Å². The fourth-order valence-corrected chi connectivity index (χ4v) is 3.03. The molecule has 0 aromatic heterocycles. The summed E-state index contributed by atoms with van der Waals surface area (Å²) in [5, 5.41) is 12.1. The minimum Gasteiger partial charge on any atom is -0.489 e. The van der Waals surface area contributed by atoms with E-state index < -0.39 is 17.9 Å². The zero-order valence-corrected chi connectivity index (χ0v) is 17.0. The molecular formula is C25H25F2NO3. The molecule has 2 N–H and O–H groups in total. The molecule has 0 heterocycles. The van der Waals surface area contributed by atoms with Gasteiger partial charge in [0.1, 0.15) is 18.5 Å². The molecule has 0 spiro atoms. The van der Waals surface area contributed by atoms with Crippen LogP contribution < -0.4 is 10.1 Å². The number of carbonyl (C=O) groups is 1. The van der Waals surface area contributed by atoms with Crippen LogP contribution in [0, 0.1) is 0 Å². The highest BCUT2D eigenvalue weighted by atomic mass is 19.3. The van der Waals surface area contributed by atoms with Crippen LogP contribution in [0.15, 0.2) is 84.9 Å². The second-order valence-corrected chi connectivity index (χ2v) is 7.26. The number of benzene rings is 3. The van der Waals surface area contributed by atoms with Gasteiger partial charge >= 0.3 is 5.92 Å². The number of hydrogen-bond donors (Lipinski definition) is 2. The molecule has 0 radical (unpaired) electrons. The molecule has 0 aliphatic carbocycles. The Morgan fingerprint density at radius 2 is 1.45 bits per heavy atom. The normalized spacial score (nSPS) is 12.2. The number of rotatable bonds is 10. The van der Waals surface area contributed by atoms with E-state index in [0.29, 0.717) is 17.9 Å². The van der Waals surface area contributed by atoms with Crippen molar-refractivity contribution in [2.75, 3.05) is 0 Å². The molecule has 0 aliphatic heterocycles. The van der Waals surface area contributed by atoms with Crippen molar-refractivity contribution in [2.24, 2.45) is 0 Å². The zero-order valence-electron chi connectivity index (χ0n) is 17.0. The maximum Gasteiger partial charge on any atom is 0.349 e. The number of halogens is 2. The van der Waals surface area contributed by atoms with E-state index in [1.54, 1.807) is 54.6 Å². The summed E-state index contributed by atoms with van der Waals surface area (Å²) in [7, 11) is 0. The molecule has 0 bridgehead atoms. The lowest BCUT2D eigenvalue weighted by Gasteiger charge is -2.21. The molecule has 0 aliphatic rings. The Hall–Kier alpha value is -3.25. The van der Waals surface area contributed by atoms with Gasteiger partial charge in [-0.25, -0.2) is 0 Å². The summed E-state index contributed by atoms with van der Waals surface area (Å²) in [4.78, 5) is 11.9. The van der Waals surface area contributed by atoms with Gasteiger partial charge in [0.25, 0.3) is 5.91 Å². The van der Waals surface area contributed by atoms with Crippen LogP contribution in [0.2, 0.25) is 0 Å². The maximum atomic E-state index is 14.3. The average molecular weight is 425 g/mol. The van der Waals surface area contributed by atoms with Crippen molar-refractivity contribution in [3.8, 4) is 5.75 Å². The van der Waals surface area contributed by atoms with E-state index >= 15 is 0 Å². The van der Waals surface area contributed by atoms with Crippen LogP contribution in [-0.2, 0) is 24.4 Å². The Bertz CT molecular complexity index is 948. The second kappa shape index (κ2) is 10.7. The lowest BCUT2D eigenvalue weighted by Crippen LogP contribution is -2.48. The molecule has 1 unspecified atom stereocenters. The van der Waals surface area contributed by atoms with E-state index in [2.05, 4.69) is 5.32 Å². The van der Waals surface area contributed by atoms with Gasteiger partial charge in [0.15, 0.2) is 0 Å². The summed E-state index contributed by atoms with van der Waals surface area (Å²) in [6.45, 7) is 0.412. The minimum atomic E-state index is -3.87. The van der Waals surface area contributed by atoms with Gasteiger partial charge in [0.2, 0.25) is 0 Å². The smallest absolute Gasteiger partial charge is 0.349 e. The van der Waals surface area contributed by atoms with Gasteiger partial charge in [0, 0.05) is 6.54 Å². The summed E-state index contributed by atoms with van der Waals surface area (Å²) in [5.41, 5.74) is 2.52. The second-order valence-electron chi connectivity index (χ2n) is 7.26. The Kier molecular flexibility index (Phi) is 7.73. The largest absolute Gasteiger partial charge is 0.489 e. The van der Waals surface area contributed by atoms with Crippen molar-refractivity contribution in [3.63, 3.8) is 0 Å². The molecule has 1 amide bonds. The van der Waals surface area contributed by atoms with Crippen molar-refractivity contribution in [2.45, 2.75) is 38.0 Å². The Morgan fingerprint density at radius 3 is 2.06 bits per heavy atom. The third-order valence-electron chi connectivity index (χ3n) is 4.90. The number of ether oxygens (including phenoxy) is 1. The third kappa shape index (κ3) is 6.62. The summed E-state index contributed by atoms with van der Waals surface area (Å²) in [6.07, 6.45) is -2.10. The minimum absolute atomic E-state index is 0.0214. The van der Waals surface area contributed by atoms with Gasteiger partial charge in [-0.1, -0.05) is 72.8 Å². The van der Waals surface area contributed by atoms with E-state index in [4.69, 9.17) is 4.74 Å². The number of aliphatic hydroxyl groups excluding tert-OH is 1. The molecular weight excluding hydrogens is 400 g/mol. The summed E-state index contributed by atoms with van der Waals surface area (Å²) < 4.78 is 34.2. The Balaban J connectivity index is 1.46. The first-order chi connectivity index (χ1) is 14.9. The van der Waals surface area contributed by atoms with Gasteiger partial charge in [0.05, 0.1) is 0 Å². The summed E-state index contributed by atoms with van der Waals surface area (Å²) in [5.74, 6) is -4.68. The highest BCUT2D eigenvalue weighted by Crippen LogP contribution is 2.24. The molecule has 0 saturated carbocycles. The highest BCUT2D eigenvalue weighted by Gasteiger charge is 2.45. The van der Waals surface area contributed by atoms with Gasteiger partial charge in [-0.3, -0.25) is 4.79 Å². The van der Waals surface area contributed by atoms with Crippen LogP contribution in [0.4, 0.5) is 8.78 Å². The monoisotopic (exact) mass is 425 g/mol. The molecule has 1 atom stereocenters. The predicted molar refractivity (Wildman–Crippen MR) is 115 cm³/mol. The number of aliphatic hydroxyl groups is 1. The summed E-state index contributed by atoms with van der Waals surface area (Å²) >= 11 is 0. The molecule has 31 heavy (non-hydrogen) atoms. The zero-order chi connectivity index (χ0) is 22.1. The van der Waals surface area contributed by atoms with Crippen LogP contribution >= 0.6 is 0 Å². The standard InChI is InChI=1S/C25H25F2NO3/c26-25(27,24(30)28-17-20-7-3-1-4-8-20)23(29)16-13-19-11-14-22(15-12-19)31-18-21-9-5-2-6-10-21/h1-12,14-15,23,29H,13,16-18H2,(H,28,30). The van der Waals surface area contributed by atoms with E-state index in [-0.39, 0.29) is 19.4 Å². The Labute approximate surface area is 180 Å². The lowest BCUT2D eigenvalue weighted by atomic mass is 10.0. The number of nitrogens with one attached hydrogen (secondary N) is 1. The molecule has 3 aromatic carbocycles. The van der Waals surface area contributed by atoms with Gasteiger partial charge in [-0.2, -0.15) is 8.78 Å². The SMILES string of the molecule is O=C(NCc1ccccc1)C(F)(F)C(O)CCc1ccc(OCc2ccccc2)cc1. The van der Waals surface area contributed by atoms with Crippen molar-refractivity contribution >= 4 is 5.91 Å². The molecule has 3 aromatic rings. The molecule has 0 saturated heterocycles. The molecule has 4 nitrogen and oxygen atoms in total. The topological polar surface area (TPSA) is 58.6 Å². The number of amides is 1. The fraction of sp³-hybridized carbons (Fsp3) is 0.240. The van der Waals surface area contributed by atoms with E-state index in [1.807, 2.05) is 30.3 Å². The van der Waals surface area contributed by atoms with Gasteiger partial charge < -0.3 is 15.2 Å². The molecule has 162 valence electrons. The van der Waals surface area contributed by atoms with Crippen LogP contribution in [0.1, 0.15) is 23.1 Å². The third-order valence-corrected chi connectivity index (χ3v) is 4.90. The lowest BCUT2D eigenvalue weighted by molar-refractivity contribution is -0.164. The van der Waals surface area contributed by atoms with E-state index in [9.17, 15) is 18.7 Å². The quantitative estimate of drug-likeness (QED) is 0.503. The number of alkyl halides is 2. The van der Waals surface area contributed by atoms with Crippen molar-refractivity contribution in [1.82, 2.24) is 5.32 Å². The van der Waals surface area contributed by atoms with Gasteiger partial charge in [-0.05, 0) is 41.7 Å². The highest BCUT2D eigenvalue weighted by molar-refractivity contribution is 5.84. The maximum absolute atomic E-state index is 14.3. The number of carbonyl (C=O) groups excluding carboxylic acids is 1. The predicted octanol–water partition coefficient (Wildman–Crippen LogP) is 4.51. The fourth-order valence-electron chi connectivity index (χ4n) is 3.03. The van der Waals surface area contributed by atoms with Crippen molar-refractivity contribution in [1.29, 1.82) is 0 Å². The van der Waals surface area contributed by atoms with Crippen LogP contribution in [0.25, 0.3) is 0 Å².